The number of benzene rings is 1. The van der Waals surface area contributed by atoms with Gasteiger partial charge in [-0.2, -0.15) is 5.26 Å². The van der Waals surface area contributed by atoms with Gasteiger partial charge < -0.3 is 4.98 Å². The van der Waals surface area contributed by atoms with Crippen LogP contribution in [0.5, 0.6) is 0 Å². The Hall–Kier alpha value is -1.82. The number of rotatable bonds is 0. The Kier molecular flexibility index (Phi) is 1.34. The largest absolute Gasteiger partial charge is 0.361 e. The van der Waals surface area contributed by atoms with Crippen molar-refractivity contribution in [3.8, 4) is 6.07 Å². The molecule has 2 rings (SSSR count). The third-order valence-corrected chi connectivity index (χ3v) is 1.76. The Bertz CT molecular complexity index is 465. The lowest BCUT2D eigenvalue weighted by Crippen LogP contribution is -1.82. The number of nitriles is 1. The van der Waals surface area contributed by atoms with Crippen molar-refractivity contribution >= 4 is 10.9 Å². The van der Waals surface area contributed by atoms with Crippen LogP contribution in [0.25, 0.3) is 10.9 Å². The average molecular weight is 160 g/mol. The summed E-state index contributed by atoms with van der Waals surface area (Å²) in [6, 6.07) is 6.40. The summed E-state index contributed by atoms with van der Waals surface area (Å²) in [5.41, 5.74) is 0.859. The highest BCUT2D eigenvalue weighted by atomic mass is 19.1. The van der Waals surface area contributed by atoms with Gasteiger partial charge in [0.25, 0.3) is 0 Å². The van der Waals surface area contributed by atoms with E-state index in [1.165, 1.54) is 12.1 Å². The quantitative estimate of drug-likeness (QED) is 0.630. The molecule has 2 nitrogen and oxygen atoms in total. The zero-order valence-electron chi connectivity index (χ0n) is 6.13. The fraction of sp³-hybridized carbons (Fsp3) is 0. The molecule has 1 N–H and O–H groups in total. The van der Waals surface area contributed by atoms with E-state index in [2.05, 4.69) is 4.98 Å². The van der Waals surface area contributed by atoms with Crippen LogP contribution in [-0.4, -0.2) is 4.98 Å². The number of aromatic nitrogens is 1. The molecule has 0 aliphatic rings. The van der Waals surface area contributed by atoms with Gasteiger partial charge in [0.15, 0.2) is 0 Å². The third-order valence-electron chi connectivity index (χ3n) is 1.76. The molecule has 0 aliphatic heterocycles. The van der Waals surface area contributed by atoms with Crippen molar-refractivity contribution in [2.24, 2.45) is 0 Å². The predicted molar refractivity (Wildman–Crippen MR) is 43.0 cm³/mol. The zero-order valence-corrected chi connectivity index (χ0v) is 6.13. The Labute approximate surface area is 68.2 Å². The molecule has 0 fully saturated rings. The number of H-pyrrole nitrogens is 1. The Morgan fingerprint density at radius 3 is 3.00 bits per heavy atom. The van der Waals surface area contributed by atoms with Crippen LogP contribution >= 0.6 is 0 Å². The van der Waals surface area contributed by atoms with E-state index in [1.54, 1.807) is 18.3 Å². The lowest BCUT2D eigenvalue weighted by atomic mass is 10.2. The molecule has 0 saturated heterocycles. The van der Waals surface area contributed by atoms with E-state index in [0.717, 1.165) is 10.9 Å². The zero-order chi connectivity index (χ0) is 8.55. The molecule has 0 saturated carbocycles. The van der Waals surface area contributed by atoms with Crippen LogP contribution in [-0.2, 0) is 0 Å². The number of nitrogens with one attached hydrogen (secondary N) is 1. The van der Waals surface area contributed by atoms with Gasteiger partial charge in [-0.1, -0.05) is 0 Å². The van der Waals surface area contributed by atoms with Gasteiger partial charge in [0.05, 0.1) is 5.56 Å². The number of fused-ring (bicyclic) bond motifs is 1. The summed E-state index contributed by atoms with van der Waals surface area (Å²) in [6.45, 7) is 0. The van der Waals surface area contributed by atoms with E-state index in [1.807, 2.05) is 0 Å². The van der Waals surface area contributed by atoms with Crippen molar-refractivity contribution in [2.75, 3.05) is 0 Å². The minimum absolute atomic E-state index is 0.0740. The molecule has 0 bridgehead atoms. The van der Waals surface area contributed by atoms with Gasteiger partial charge in [-0.3, -0.25) is 0 Å². The monoisotopic (exact) mass is 160 g/mol. The predicted octanol–water partition coefficient (Wildman–Crippen LogP) is 2.18. The molecule has 1 aromatic carbocycles. The van der Waals surface area contributed by atoms with E-state index in [0.29, 0.717) is 0 Å². The van der Waals surface area contributed by atoms with E-state index < -0.39 is 5.82 Å². The molecule has 12 heavy (non-hydrogen) atoms. The van der Waals surface area contributed by atoms with Gasteiger partial charge >= 0.3 is 0 Å². The lowest BCUT2D eigenvalue weighted by molar-refractivity contribution is 0.626. The summed E-state index contributed by atoms with van der Waals surface area (Å²) in [6.07, 6.45) is 1.71. The molecule has 0 radical (unpaired) electrons. The standard InChI is InChI=1S/C9H5FN2/c10-8-3-6-1-2-12-9(6)4-7(8)5-11/h1-4,12H. The minimum atomic E-state index is -0.468. The normalized spacial score (nSPS) is 10.0. The molecule has 1 heterocycles. The molecule has 0 atom stereocenters. The third kappa shape index (κ3) is 0.857. The summed E-state index contributed by atoms with van der Waals surface area (Å²) in [5.74, 6) is -0.468. The van der Waals surface area contributed by atoms with E-state index >= 15 is 0 Å². The summed E-state index contributed by atoms with van der Waals surface area (Å²) in [7, 11) is 0. The van der Waals surface area contributed by atoms with Crippen LogP contribution < -0.4 is 0 Å². The first kappa shape index (κ1) is 6.86. The first-order valence-electron chi connectivity index (χ1n) is 3.48. The molecular formula is C9H5FN2. The summed E-state index contributed by atoms with van der Waals surface area (Å²) in [4.78, 5) is 2.90. The first-order valence-corrected chi connectivity index (χ1v) is 3.48. The fourth-order valence-electron chi connectivity index (χ4n) is 1.16. The highest BCUT2D eigenvalue weighted by molar-refractivity contribution is 5.80. The fourth-order valence-corrected chi connectivity index (χ4v) is 1.16. The van der Waals surface area contributed by atoms with E-state index in [9.17, 15) is 4.39 Å². The highest BCUT2D eigenvalue weighted by Gasteiger charge is 2.03. The van der Waals surface area contributed by atoms with Gasteiger partial charge in [0.2, 0.25) is 0 Å². The van der Waals surface area contributed by atoms with Crippen molar-refractivity contribution in [2.45, 2.75) is 0 Å². The second-order valence-electron chi connectivity index (χ2n) is 2.51. The van der Waals surface area contributed by atoms with Crippen LogP contribution in [0.1, 0.15) is 5.56 Å². The first-order chi connectivity index (χ1) is 5.81. The maximum atomic E-state index is 13.0. The van der Waals surface area contributed by atoms with Crippen molar-refractivity contribution in [3.63, 3.8) is 0 Å². The van der Waals surface area contributed by atoms with Crippen LogP contribution in [0.3, 0.4) is 0 Å². The lowest BCUT2D eigenvalue weighted by Gasteiger charge is -1.92. The van der Waals surface area contributed by atoms with E-state index in [-0.39, 0.29) is 5.56 Å². The van der Waals surface area contributed by atoms with Crippen LogP contribution in [0.4, 0.5) is 4.39 Å². The van der Waals surface area contributed by atoms with Crippen molar-refractivity contribution in [3.05, 3.63) is 35.8 Å². The average Bonchev–Trinajstić information content (AvgIpc) is 2.49. The van der Waals surface area contributed by atoms with Gasteiger partial charge in [-0.15, -0.1) is 0 Å². The number of aromatic amines is 1. The van der Waals surface area contributed by atoms with Crippen molar-refractivity contribution < 1.29 is 4.39 Å². The number of hydrogen-bond acceptors (Lipinski definition) is 1. The second kappa shape index (κ2) is 2.35. The molecule has 0 aliphatic carbocycles. The molecule has 1 aromatic heterocycles. The maximum absolute atomic E-state index is 13.0. The summed E-state index contributed by atoms with van der Waals surface area (Å²) in [5, 5.41) is 9.30. The Balaban J connectivity index is 2.84. The SMILES string of the molecule is N#Cc1cc2[nH]ccc2cc1F. The molecule has 0 spiro atoms. The molecular weight excluding hydrogens is 155 g/mol. The molecule has 0 unspecified atom stereocenters. The molecule has 0 amide bonds. The van der Waals surface area contributed by atoms with Crippen LogP contribution in [0.2, 0.25) is 0 Å². The van der Waals surface area contributed by atoms with Gasteiger partial charge in [-0.05, 0) is 18.2 Å². The molecule has 58 valence electrons. The van der Waals surface area contributed by atoms with Crippen LogP contribution in [0.15, 0.2) is 24.4 Å². The Morgan fingerprint density at radius 1 is 1.42 bits per heavy atom. The Morgan fingerprint density at radius 2 is 2.25 bits per heavy atom. The maximum Gasteiger partial charge on any atom is 0.141 e. The van der Waals surface area contributed by atoms with Gasteiger partial charge in [0.1, 0.15) is 11.9 Å². The second-order valence-corrected chi connectivity index (χ2v) is 2.51. The molecule has 3 heteroatoms. The minimum Gasteiger partial charge on any atom is -0.361 e. The number of hydrogen-bond donors (Lipinski definition) is 1. The van der Waals surface area contributed by atoms with E-state index in [4.69, 9.17) is 5.26 Å². The topological polar surface area (TPSA) is 39.6 Å². The van der Waals surface area contributed by atoms with Gasteiger partial charge in [-0.25, -0.2) is 4.39 Å². The number of nitrogens with zero attached hydrogens (tertiary/aromatic N) is 1. The smallest absolute Gasteiger partial charge is 0.141 e. The highest BCUT2D eigenvalue weighted by Crippen LogP contribution is 2.16. The molecule has 2 aromatic rings. The number of halogens is 1. The van der Waals surface area contributed by atoms with Crippen molar-refractivity contribution in [1.29, 1.82) is 5.26 Å². The summed E-state index contributed by atoms with van der Waals surface area (Å²) >= 11 is 0. The van der Waals surface area contributed by atoms with Gasteiger partial charge in [0, 0.05) is 17.1 Å². The van der Waals surface area contributed by atoms with Crippen molar-refractivity contribution in [1.82, 2.24) is 4.98 Å². The summed E-state index contributed by atoms with van der Waals surface area (Å²) < 4.78 is 13.0. The van der Waals surface area contributed by atoms with Crippen LogP contribution in [0, 0.1) is 17.1 Å².